The zero-order valence-electron chi connectivity index (χ0n) is 21.4. The van der Waals surface area contributed by atoms with Crippen molar-refractivity contribution in [3.05, 3.63) is 58.7 Å². The van der Waals surface area contributed by atoms with E-state index in [1.54, 1.807) is 18.2 Å². The van der Waals surface area contributed by atoms with E-state index in [0.717, 1.165) is 63.8 Å². The summed E-state index contributed by atoms with van der Waals surface area (Å²) in [6.45, 7) is 6.47. The fraction of sp³-hybridized carbons (Fsp3) is 0.536. The van der Waals surface area contributed by atoms with Crippen LogP contribution >= 0.6 is 24.8 Å². The van der Waals surface area contributed by atoms with Crippen molar-refractivity contribution in [2.24, 2.45) is 5.73 Å². The molecule has 1 atom stereocenters. The number of fused-ring (bicyclic) bond motifs is 1. The molecule has 0 saturated heterocycles. The number of hydrogen-bond acceptors (Lipinski definition) is 5. The maximum atomic E-state index is 11.1. The molecule has 0 spiro atoms. The predicted octanol–water partition coefficient (Wildman–Crippen LogP) is 5.00. The molecule has 8 heteroatoms. The van der Waals surface area contributed by atoms with Crippen molar-refractivity contribution in [1.29, 1.82) is 0 Å². The molecule has 5 N–H and O–H groups in total. The summed E-state index contributed by atoms with van der Waals surface area (Å²) in [5.41, 5.74) is 9.17. The van der Waals surface area contributed by atoms with Crippen molar-refractivity contribution in [3.63, 3.8) is 0 Å². The molecular formula is C28H43Cl2N3O3. The van der Waals surface area contributed by atoms with Gasteiger partial charge in [0.1, 0.15) is 0 Å². The third-order valence-corrected chi connectivity index (χ3v) is 6.95. The number of halogens is 2. The largest absolute Gasteiger partial charge is 0.504 e. The van der Waals surface area contributed by atoms with E-state index in [2.05, 4.69) is 17.1 Å². The fourth-order valence-electron chi connectivity index (χ4n) is 4.99. The number of nitrogens with zero attached hydrogens (tertiary/aromatic N) is 1. The molecule has 0 radical (unpaired) electrons. The van der Waals surface area contributed by atoms with Gasteiger partial charge in [-0.3, -0.25) is 4.79 Å². The van der Waals surface area contributed by atoms with E-state index in [1.807, 2.05) is 18.2 Å². The number of hydrogen-bond donors (Lipinski definition) is 4. The first kappa shape index (κ1) is 32.0. The lowest BCUT2D eigenvalue weighted by molar-refractivity contribution is 0.1000. The second-order valence-electron chi connectivity index (χ2n) is 9.48. The number of amides is 1. The van der Waals surface area contributed by atoms with Crippen LogP contribution in [0.4, 0.5) is 0 Å². The molecule has 202 valence electrons. The molecule has 0 fully saturated rings. The highest BCUT2D eigenvalue weighted by Crippen LogP contribution is 2.36. The van der Waals surface area contributed by atoms with Gasteiger partial charge in [-0.25, -0.2) is 0 Å². The lowest BCUT2D eigenvalue weighted by Gasteiger charge is -2.35. The molecule has 0 aromatic heterocycles. The second-order valence-corrected chi connectivity index (χ2v) is 9.48. The molecule has 0 heterocycles. The second kappa shape index (κ2) is 16.7. The number of primary amides is 1. The van der Waals surface area contributed by atoms with Crippen LogP contribution in [-0.2, 0) is 19.3 Å². The molecule has 1 aliphatic carbocycles. The van der Waals surface area contributed by atoms with E-state index in [9.17, 15) is 15.0 Å². The lowest BCUT2D eigenvalue weighted by Crippen LogP contribution is -2.40. The first-order chi connectivity index (χ1) is 16.5. The van der Waals surface area contributed by atoms with Gasteiger partial charge < -0.3 is 26.2 Å². The molecule has 1 aliphatic rings. The van der Waals surface area contributed by atoms with Gasteiger partial charge in [0.25, 0.3) is 0 Å². The summed E-state index contributed by atoms with van der Waals surface area (Å²) in [7, 11) is 0. The highest BCUT2D eigenvalue weighted by molar-refractivity contribution is 5.92. The summed E-state index contributed by atoms with van der Waals surface area (Å²) in [6, 6.07) is 11.6. The van der Waals surface area contributed by atoms with Gasteiger partial charge in [0.15, 0.2) is 11.5 Å². The SMILES string of the molecule is CCCN(CCCCCCNCCc1ccc(C(N)=O)cc1)C1CCc2c(ccc(O)c2O)C1.Cl.Cl. The van der Waals surface area contributed by atoms with Crippen LogP contribution in [0.2, 0.25) is 0 Å². The molecule has 0 saturated carbocycles. The van der Waals surface area contributed by atoms with Crippen LogP contribution in [0.3, 0.4) is 0 Å². The number of nitrogens with two attached hydrogens (primary N) is 1. The maximum absolute atomic E-state index is 11.1. The van der Waals surface area contributed by atoms with Crippen LogP contribution in [0.5, 0.6) is 11.5 Å². The average Bonchev–Trinajstić information content (AvgIpc) is 2.84. The van der Waals surface area contributed by atoms with Crippen LogP contribution in [-0.4, -0.2) is 53.2 Å². The standard InChI is InChI=1S/C28H41N3O3.2ClH/c1-2-18-31(24-12-13-25-23(20-24)11-14-26(32)27(25)33)19-6-4-3-5-16-30-17-15-21-7-9-22(10-8-21)28(29)34;;/h7-11,14,24,30,32-33H,2-6,12-13,15-20H2,1H3,(H2,29,34);2*1H. The summed E-state index contributed by atoms with van der Waals surface area (Å²) >= 11 is 0. The molecule has 0 bridgehead atoms. The zero-order valence-corrected chi connectivity index (χ0v) is 23.0. The van der Waals surface area contributed by atoms with Crippen molar-refractivity contribution in [1.82, 2.24) is 10.2 Å². The van der Waals surface area contributed by atoms with Gasteiger partial charge in [-0.05, 0) is 100 Å². The Labute approximate surface area is 228 Å². The molecule has 6 nitrogen and oxygen atoms in total. The summed E-state index contributed by atoms with van der Waals surface area (Å²) in [5, 5.41) is 23.4. The Hall–Kier alpha value is -1.99. The molecule has 2 aromatic carbocycles. The molecule has 36 heavy (non-hydrogen) atoms. The Morgan fingerprint density at radius 3 is 2.42 bits per heavy atom. The van der Waals surface area contributed by atoms with Gasteiger partial charge in [0.2, 0.25) is 5.91 Å². The van der Waals surface area contributed by atoms with E-state index in [4.69, 9.17) is 5.73 Å². The number of carbonyl (C=O) groups excluding carboxylic acids is 1. The van der Waals surface area contributed by atoms with Crippen LogP contribution in [0.25, 0.3) is 0 Å². The quantitative estimate of drug-likeness (QED) is 0.200. The van der Waals surface area contributed by atoms with Crippen molar-refractivity contribution in [2.45, 2.75) is 70.8 Å². The number of unbranched alkanes of at least 4 members (excludes halogenated alkanes) is 3. The third kappa shape index (κ3) is 9.47. The molecule has 1 unspecified atom stereocenters. The van der Waals surface area contributed by atoms with Crippen LogP contribution in [0.15, 0.2) is 36.4 Å². The summed E-state index contributed by atoms with van der Waals surface area (Å²) in [5.74, 6) is -0.309. The van der Waals surface area contributed by atoms with E-state index >= 15 is 0 Å². The monoisotopic (exact) mass is 539 g/mol. The van der Waals surface area contributed by atoms with E-state index in [1.165, 1.54) is 36.8 Å². The van der Waals surface area contributed by atoms with Gasteiger partial charge in [-0.15, -0.1) is 24.8 Å². The van der Waals surface area contributed by atoms with Crippen molar-refractivity contribution < 1.29 is 15.0 Å². The summed E-state index contributed by atoms with van der Waals surface area (Å²) in [4.78, 5) is 13.8. The van der Waals surface area contributed by atoms with Crippen molar-refractivity contribution >= 4 is 30.7 Å². The number of nitrogens with one attached hydrogen (secondary N) is 1. The number of carbonyl (C=O) groups is 1. The van der Waals surface area contributed by atoms with Gasteiger partial charge >= 0.3 is 0 Å². The Morgan fingerprint density at radius 1 is 1.00 bits per heavy atom. The van der Waals surface area contributed by atoms with Crippen LogP contribution in [0, 0.1) is 0 Å². The van der Waals surface area contributed by atoms with Gasteiger partial charge in [0, 0.05) is 17.2 Å². The minimum Gasteiger partial charge on any atom is -0.504 e. The zero-order chi connectivity index (χ0) is 24.3. The first-order valence-electron chi connectivity index (χ1n) is 12.9. The number of benzene rings is 2. The number of phenolic OH excluding ortho intramolecular Hbond substituents is 2. The topological polar surface area (TPSA) is 98.8 Å². The van der Waals surface area contributed by atoms with Crippen molar-refractivity contribution in [3.8, 4) is 11.5 Å². The Bertz CT molecular complexity index is 925. The van der Waals surface area contributed by atoms with Crippen LogP contribution < -0.4 is 11.1 Å². The van der Waals surface area contributed by atoms with Gasteiger partial charge in [-0.1, -0.05) is 38.0 Å². The normalized spacial score (nSPS) is 14.6. The van der Waals surface area contributed by atoms with E-state index in [-0.39, 0.29) is 42.2 Å². The lowest BCUT2D eigenvalue weighted by atomic mass is 9.86. The highest BCUT2D eigenvalue weighted by atomic mass is 35.5. The Morgan fingerprint density at radius 2 is 1.72 bits per heavy atom. The molecule has 2 aromatic rings. The molecule has 3 rings (SSSR count). The average molecular weight is 541 g/mol. The smallest absolute Gasteiger partial charge is 0.248 e. The van der Waals surface area contributed by atoms with Gasteiger partial charge in [-0.2, -0.15) is 0 Å². The minimum absolute atomic E-state index is 0. The van der Waals surface area contributed by atoms with E-state index in [0.29, 0.717) is 11.6 Å². The minimum atomic E-state index is -0.381. The van der Waals surface area contributed by atoms with Crippen LogP contribution in [0.1, 0.15) is 72.5 Å². The third-order valence-electron chi connectivity index (χ3n) is 6.95. The number of phenols is 2. The number of aromatic hydroxyl groups is 2. The van der Waals surface area contributed by atoms with Crippen molar-refractivity contribution in [2.75, 3.05) is 26.2 Å². The fourth-order valence-corrected chi connectivity index (χ4v) is 4.99. The Kier molecular flexibility index (Phi) is 14.9. The summed E-state index contributed by atoms with van der Waals surface area (Å²) in [6.07, 6.45) is 9.82. The highest BCUT2D eigenvalue weighted by Gasteiger charge is 2.26. The Balaban J connectivity index is 0.00000324. The summed E-state index contributed by atoms with van der Waals surface area (Å²) < 4.78 is 0. The molecular weight excluding hydrogens is 497 g/mol. The maximum Gasteiger partial charge on any atom is 0.248 e. The molecule has 0 aliphatic heterocycles. The first-order valence-corrected chi connectivity index (χ1v) is 12.9. The van der Waals surface area contributed by atoms with Gasteiger partial charge in [0.05, 0.1) is 0 Å². The van der Waals surface area contributed by atoms with E-state index < -0.39 is 0 Å². The predicted molar refractivity (Wildman–Crippen MR) is 152 cm³/mol. The molecule has 1 amide bonds. The number of rotatable bonds is 14.